The number of aliphatic hydroxyl groups is 1. The van der Waals surface area contributed by atoms with E-state index in [1.807, 2.05) is 12.1 Å². The maximum Gasteiger partial charge on any atom is 0.378 e. The number of carbonyl (C=O) groups is 1. The molecule has 0 saturated carbocycles. The first kappa shape index (κ1) is 12.3. The summed E-state index contributed by atoms with van der Waals surface area (Å²) in [6.45, 7) is 3.68. The zero-order chi connectivity index (χ0) is 12.0. The van der Waals surface area contributed by atoms with Gasteiger partial charge in [-0.1, -0.05) is 25.5 Å². The molecular weight excluding hydrogens is 204 g/mol. The summed E-state index contributed by atoms with van der Waals surface area (Å²) in [6, 6.07) is 7.29. The minimum absolute atomic E-state index is 0.377. The molecule has 0 aliphatic rings. The van der Waals surface area contributed by atoms with Crippen molar-refractivity contribution in [2.75, 3.05) is 0 Å². The number of esters is 1. The van der Waals surface area contributed by atoms with Gasteiger partial charge in [0.25, 0.3) is 0 Å². The molecule has 0 bridgehead atoms. The fourth-order valence-electron chi connectivity index (χ4n) is 1.29. The standard InChI is InChI=1S/C13H16O3/c1-3-5-10-6-8-11(9-7-10)16-13(15)12(14)4-2/h4,6-9,14H,3,5H2,1-2H3. The molecule has 1 rings (SSSR count). The highest BCUT2D eigenvalue weighted by Gasteiger charge is 2.08. The van der Waals surface area contributed by atoms with Crippen molar-refractivity contribution >= 4 is 5.97 Å². The molecule has 0 atom stereocenters. The van der Waals surface area contributed by atoms with Crippen LogP contribution in [0, 0.1) is 0 Å². The zero-order valence-corrected chi connectivity index (χ0v) is 9.56. The molecule has 0 aliphatic heterocycles. The van der Waals surface area contributed by atoms with Crippen LogP contribution in [0.15, 0.2) is 36.1 Å². The van der Waals surface area contributed by atoms with Crippen LogP contribution in [0.3, 0.4) is 0 Å². The molecule has 3 nitrogen and oxygen atoms in total. The summed E-state index contributed by atoms with van der Waals surface area (Å²) < 4.78 is 4.94. The van der Waals surface area contributed by atoms with Crippen molar-refractivity contribution in [2.45, 2.75) is 26.7 Å². The summed E-state index contributed by atoms with van der Waals surface area (Å²) in [7, 11) is 0. The van der Waals surface area contributed by atoms with E-state index in [0.717, 1.165) is 12.8 Å². The molecule has 0 radical (unpaired) electrons. The van der Waals surface area contributed by atoms with Crippen molar-refractivity contribution in [2.24, 2.45) is 0 Å². The highest BCUT2D eigenvalue weighted by molar-refractivity contribution is 5.87. The van der Waals surface area contributed by atoms with Gasteiger partial charge in [0.05, 0.1) is 0 Å². The number of benzene rings is 1. The summed E-state index contributed by atoms with van der Waals surface area (Å²) in [5, 5.41) is 9.11. The summed E-state index contributed by atoms with van der Waals surface area (Å²) in [5.41, 5.74) is 1.21. The Hall–Kier alpha value is -1.77. The van der Waals surface area contributed by atoms with E-state index in [9.17, 15) is 4.79 Å². The van der Waals surface area contributed by atoms with E-state index in [0.29, 0.717) is 5.75 Å². The van der Waals surface area contributed by atoms with Crippen molar-refractivity contribution in [3.8, 4) is 5.75 Å². The van der Waals surface area contributed by atoms with E-state index in [2.05, 4.69) is 6.92 Å². The second-order valence-electron chi connectivity index (χ2n) is 3.46. The van der Waals surface area contributed by atoms with Crippen LogP contribution >= 0.6 is 0 Å². The van der Waals surface area contributed by atoms with Crippen LogP contribution in [0.2, 0.25) is 0 Å². The smallest absolute Gasteiger partial charge is 0.378 e. The Labute approximate surface area is 95.4 Å². The van der Waals surface area contributed by atoms with Gasteiger partial charge in [-0.05, 0) is 37.1 Å². The first-order valence-corrected chi connectivity index (χ1v) is 5.33. The van der Waals surface area contributed by atoms with E-state index < -0.39 is 5.97 Å². The third kappa shape index (κ3) is 3.42. The Bertz CT molecular complexity index is 377. The normalized spacial score (nSPS) is 11.2. The van der Waals surface area contributed by atoms with Crippen LogP contribution < -0.4 is 4.74 Å². The lowest BCUT2D eigenvalue weighted by atomic mass is 10.1. The number of ether oxygens (including phenoxy) is 1. The third-order valence-corrected chi connectivity index (χ3v) is 2.16. The number of hydrogen-bond acceptors (Lipinski definition) is 3. The molecular formula is C13H16O3. The second kappa shape index (κ2) is 5.95. The second-order valence-corrected chi connectivity index (χ2v) is 3.46. The van der Waals surface area contributed by atoms with Gasteiger partial charge < -0.3 is 9.84 Å². The predicted molar refractivity (Wildman–Crippen MR) is 62.5 cm³/mol. The van der Waals surface area contributed by atoms with Crippen LogP contribution in [-0.4, -0.2) is 11.1 Å². The fraction of sp³-hybridized carbons (Fsp3) is 0.308. The summed E-state index contributed by atoms with van der Waals surface area (Å²) in [6.07, 6.45) is 3.39. The van der Waals surface area contributed by atoms with Gasteiger partial charge in [0, 0.05) is 0 Å². The molecule has 3 heteroatoms. The van der Waals surface area contributed by atoms with Gasteiger partial charge in [-0.3, -0.25) is 0 Å². The Balaban J connectivity index is 2.65. The number of hydrogen-bond donors (Lipinski definition) is 1. The van der Waals surface area contributed by atoms with Crippen molar-refractivity contribution in [3.63, 3.8) is 0 Å². The Morgan fingerprint density at radius 1 is 1.38 bits per heavy atom. The summed E-state index contributed by atoms with van der Waals surface area (Å²) in [5.74, 6) is -0.665. The van der Waals surface area contributed by atoms with Gasteiger partial charge in [0.2, 0.25) is 0 Å². The maximum absolute atomic E-state index is 11.2. The minimum atomic E-state index is -0.731. The van der Waals surface area contributed by atoms with E-state index in [1.54, 1.807) is 19.1 Å². The molecule has 16 heavy (non-hydrogen) atoms. The summed E-state index contributed by atoms with van der Waals surface area (Å²) >= 11 is 0. The highest BCUT2D eigenvalue weighted by atomic mass is 16.5. The minimum Gasteiger partial charge on any atom is -0.502 e. The Morgan fingerprint density at radius 2 is 2.00 bits per heavy atom. The van der Waals surface area contributed by atoms with Crippen LogP contribution in [0.5, 0.6) is 5.75 Å². The molecule has 1 aromatic carbocycles. The molecule has 86 valence electrons. The quantitative estimate of drug-likeness (QED) is 0.367. The monoisotopic (exact) mass is 220 g/mol. The van der Waals surface area contributed by atoms with Crippen LogP contribution in [0.25, 0.3) is 0 Å². The van der Waals surface area contributed by atoms with Crippen LogP contribution in [-0.2, 0) is 11.2 Å². The lowest BCUT2D eigenvalue weighted by molar-refractivity contribution is -0.132. The SMILES string of the molecule is CC=C(O)C(=O)Oc1ccc(CCC)cc1. The van der Waals surface area contributed by atoms with Gasteiger partial charge in [-0.15, -0.1) is 0 Å². The molecule has 0 spiro atoms. The number of aliphatic hydroxyl groups excluding tert-OH is 1. The van der Waals surface area contributed by atoms with Gasteiger partial charge in [0.1, 0.15) is 5.75 Å². The van der Waals surface area contributed by atoms with Crippen molar-refractivity contribution in [3.05, 3.63) is 41.7 Å². The molecule has 0 heterocycles. The predicted octanol–water partition coefficient (Wildman–Crippen LogP) is 3.01. The zero-order valence-electron chi connectivity index (χ0n) is 9.56. The molecule has 0 aliphatic carbocycles. The van der Waals surface area contributed by atoms with Crippen LogP contribution in [0.4, 0.5) is 0 Å². The third-order valence-electron chi connectivity index (χ3n) is 2.16. The van der Waals surface area contributed by atoms with Gasteiger partial charge in [0.15, 0.2) is 5.76 Å². The molecule has 1 aromatic rings. The van der Waals surface area contributed by atoms with E-state index in [-0.39, 0.29) is 5.76 Å². The number of aryl methyl sites for hydroxylation is 1. The van der Waals surface area contributed by atoms with E-state index >= 15 is 0 Å². The van der Waals surface area contributed by atoms with Crippen molar-refractivity contribution in [1.29, 1.82) is 0 Å². The lowest BCUT2D eigenvalue weighted by Crippen LogP contribution is -2.10. The van der Waals surface area contributed by atoms with Gasteiger partial charge in [-0.2, -0.15) is 0 Å². The Morgan fingerprint density at radius 3 is 2.50 bits per heavy atom. The first-order valence-electron chi connectivity index (χ1n) is 5.33. The average Bonchev–Trinajstić information content (AvgIpc) is 2.31. The fourth-order valence-corrected chi connectivity index (χ4v) is 1.29. The Kier molecular flexibility index (Phi) is 4.58. The average molecular weight is 220 g/mol. The lowest BCUT2D eigenvalue weighted by Gasteiger charge is -2.04. The topological polar surface area (TPSA) is 46.5 Å². The van der Waals surface area contributed by atoms with Crippen molar-refractivity contribution in [1.82, 2.24) is 0 Å². The number of rotatable bonds is 4. The molecule has 0 fully saturated rings. The molecule has 0 amide bonds. The first-order chi connectivity index (χ1) is 7.67. The molecule has 1 N–H and O–H groups in total. The van der Waals surface area contributed by atoms with Crippen molar-refractivity contribution < 1.29 is 14.6 Å². The molecule has 0 aromatic heterocycles. The summed E-state index contributed by atoms with van der Waals surface area (Å²) in [4.78, 5) is 11.2. The largest absolute Gasteiger partial charge is 0.502 e. The molecule has 0 saturated heterocycles. The molecule has 0 unspecified atom stereocenters. The maximum atomic E-state index is 11.2. The van der Waals surface area contributed by atoms with Gasteiger partial charge in [-0.25, -0.2) is 4.79 Å². The van der Waals surface area contributed by atoms with Gasteiger partial charge >= 0.3 is 5.97 Å². The van der Waals surface area contributed by atoms with Crippen LogP contribution in [0.1, 0.15) is 25.8 Å². The number of carbonyl (C=O) groups excluding carboxylic acids is 1. The highest BCUT2D eigenvalue weighted by Crippen LogP contribution is 2.14. The number of allylic oxidation sites excluding steroid dienone is 1. The van der Waals surface area contributed by atoms with E-state index in [1.165, 1.54) is 11.6 Å². The van der Waals surface area contributed by atoms with E-state index in [4.69, 9.17) is 9.84 Å².